The highest BCUT2D eigenvalue weighted by atomic mass is 28.4. The molecule has 7 heteroatoms. The Bertz CT molecular complexity index is 237. The first kappa shape index (κ1) is 18.7. The van der Waals surface area contributed by atoms with Crippen LogP contribution in [0.15, 0.2) is 0 Å². The van der Waals surface area contributed by atoms with Crippen LogP contribution in [0, 0.1) is 0 Å². The molecule has 0 radical (unpaired) electrons. The second kappa shape index (κ2) is 10.5. The average Bonchev–Trinajstić information content (AvgIpc) is 2.38. The first-order chi connectivity index (χ1) is 9.07. The van der Waals surface area contributed by atoms with Crippen LogP contribution in [0.1, 0.15) is 40.0 Å². The maximum atomic E-state index is 12.5. The Morgan fingerprint density at radius 2 is 1.53 bits per heavy atom. The molecule has 114 valence electrons. The number of carbonyl (C=O) groups is 1. The third kappa shape index (κ3) is 6.11. The van der Waals surface area contributed by atoms with Gasteiger partial charge in [0.1, 0.15) is 0 Å². The van der Waals surface area contributed by atoms with Gasteiger partial charge in [-0.05, 0) is 40.2 Å². The topological polar surface area (TPSA) is 96.8 Å². The largest absolute Gasteiger partial charge is 0.576 e. The van der Waals surface area contributed by atoms with Gasteiger partial charge in [0.25, 0.3) is 0 Å². The molecule has 0 spiro atoms. The van der Waals surface area contributed by atoms with Crippen LogP contribution in [-0.2, 0) is 18.1 Å². The van der Waals surface area contributed by atoms with E-state index in [4.69, 9.17) is 24.7 Å². The van der Waals surface area contributed by atoms with Gasteiger partial charge in [-0.2, -0.15) is 0 Å². The van der Waals surface area contributed by atoms with E-state index < -0.39 is 14.8 Å². The fourth-order valence-electron chi connectivity index (χ4n) is 1.78. The van der Waals surface area contributed by atoms with Crippen LogP contribution in [-0.4, -0.2) is 46.6 Å². The van der Waals surface area contributed by atoms with Crippen molar-refractivity contribution in [2.24, 2.45) is 11.5 Å². The molecule has 0 aliphatic heterocycles. The zero-order valence-electron chi connectivity index (χ0n) is 12.3. The van der Waals surface area contributed by atoms with E-state index in [-0.39, 0.29) is 5.41 Å². The van der Waals surface area contributed by atoms with Crippen LogP contribution in [0.25, 0.3) is 0 Å². The van der Waals surface area contributed by atoms with E-state index in [1.54, 1.807) is 0 Å². The fraction of sp³-hybridized carbons (Fsp3) is 0.917. The zero-order valence-corrected chi connectivity index (χ0v) is 13.3. The molecule has 0 bridgehead atoms. The van der Waals surface area contributed by atoms with Gasteiger partial charge in [0, 0.05) is 19.8 Å². The second-order valence-corrected chi connectivity index (χ2v) is 6.58. The minimum Gasteiger partial charge on any atom is -0.369 e. The number of unbranched alkanes of at least 4 members (excludes halogenated alkanes) is 1. The summed E-state index contributed by atoms with van der Waals surface area (Å²) in [4.78, 5) is 12.5. The number of carbonyl (C=O) groups excluding carboxylic acids is 1. The van der Waals surface area contributed by atoms with E-state index in [2.05, 4.69) is 0 Å². The molecule has 0 saturated heterocycles. The summed E-state index contributed by atoms with van der Waals surface area (Å²) in [7, 11) is -3.32. The molecule has 1 atom stereocenters. The zero-order chi connectivity index (χ0) is 14.7. The molecule has 0 aromatic rings. The average molecular weight is 292 g/mol. The minimum atomic E-state index is -3.32. The lowest BCUT2D eigenvalue weighted by Crippen LogP contribution is -2.59. The van der Waals surface area contributed by atoms with Gasteiger partial charge >= 0.3 is 8.80 Å². The van der Waals surface area contributed by atoms with Crippen molar-refractivity contribution in [3.8, 4) is 0 Å². The van der Waals surface area contributed by atoms with Gasteiger partial charge in [-0.1, -0.05) is 6.42 Å². The van der Waals surface area contributed by atoms with Crippen molar-refractivity contribution < 1.29 is 18.1 Å². The Kier molecular flexibility index (Phi) is 10.3. The van der Waals surface area contributed by atoms with Crippen molar-refractivity contribution in [1.82, 2.24) is 0 Å². The predicted octanol–water partition coefficient (Wildman–Crippen LogP) is 0.599. The van der Waals surface area contributed by atoms with Crippen LogP contribution in [0.4, 0.5) is 0 Å². The number of hydrogen-bond donors (Lipinski definition) is 2. The molecule has 0 aromatic heterocycles. The summed E-state index contributed by atoms with van der Waals surface area (Å²) in [6, 6.07) is -0.608. The highest BCUT2D eigenvalue weighted by Crippen LogP contribution is 2.15. The number of rotatable bonds is 12. The smallest absolute Gasteiger partial charge is 0.369 e. The lowest BCUT2D eigenvalue weighted by Gasteiger charge is -2.28. The van der Waals surface area contributed by atoms with Crippen molar-refractivity contribution >= 4 is 14.2 Å². The Balaban J connectivity index is 4.75. The second-order valence-electron chi connectivity index (χ2n) is 4.11. The maximum Gasteiger partial charge on any atom is 0.576 e. The molecule has 0 heterocycles. The molecule has 6 nitrogen and oxygen atoms in total. The van der Waals surface area contributed by atoms with E-state index in [0.29, 0.717) is 32.8 Å². The minimum absolute atomic E-state index is 0.227. The van der Waals surface area contributed by atoms with Gasteiger partial charge in [0.15, 0.2) is 0 Å². The molecule has 0 aliphatic carbocycles. The SMILES string of the molecule is CCO[Si](OCC)(OCC)C(=O)C(N)CCCCN. The van der Waals surface area contributed by atoms with Crippen LogP contribution in [0.5, 0.6) is 0 Å². The van der Waals surface area contributed by atoms with E-state index in [1.807, 2.05) is 20.8 Å². The molecule has 19 heavy (non-hydrogen) atoms. The van der Waals surface area contributed by atoms with E-state index >= 15 is 0 Å². The van der Waals surface area contributed by atoms with Crippen molar-refractivity contribution in [2.75, 3.05) is 26.4 Å². The molecule has 0 aliphatic rings. The van der Waals surface area contributed by atoms with Gasteiger partial charge in [-0.3, -0.25) is 4.79 Å². The highest BCUT2D eigenvalue weighted by Gasteiger charge is 2.51. The summed E-state index contributed by atoms with van der Waals surface area (Å²) in [6.07, 6.45) is 2.25. The Hall–Kier alpha value is -0.313. The van der Waals surface area contributed by atoms with Gasteiger partial charge in [0.05, 0.1) is 6.04 Å². The van der Waals surface area contributed by atoms with Gasteiger partial charge < -0.3 is 24.7 Å². The lowest BCUT2D eigenvalue weighted by atomic mass is 10.1. The quantitative estimate of drug-likeness (QED) is 0.404. The van der Waals surface area contributed by atoms with Crippen molar-refractivity contribution in [2.45, 2.75) is 46.1 Å². The normalized spacial score (nSPS) is 13.5. The molecule has 0 saturated carbocycles. The summed E-state index contributed by atoms with van der Waals surface area (Å²) in [6.45, 7) is 7.15. The first-order valence-corrected chi connectivity index (χ1v) is 8.72. The van der Waals surface area contributed by atoms with Gasteiger partial charge in [-0.25, -0.2) is 0 Å². The first-order valence-electron chi connectivity index (χ1n) is 6.99. The third-order valence-corrected chi connectivity index (χ3v) is 5.59. The molecule has 0 fully saturated rings. The van der Waals surface area contributed by atoms with E-state index in [9.17, 15) is 4.79 Å². The summed E-state index contributed by atoms with van der Waals surface area (Å²) < 4.78 is 16.6. The van der Waals surface area contributed by atoms with Crippen LogP contribution >= 0.6 is 0 Å². The fourth-order valence-corrected chi connectivity index (χ4v) is 4.19. The number of hydrogen-bond acceptors (Lipinski definition) is 6. The molecule has 0 aromatic carbocycles. The standard InChI is InChI=1S/C12H28N2O4Si/c1-4-16-19(17-5-2,18-6-3)12(15)11(14)9-7-8-10-13/h11H,4-10,13-14H2,1-3H3. The summed E-state index contributed by atoms with van der Waals surface area (Å²) >= 11 is 0. The molecular weight excluding hydrogens is 264 g/mol. The summed E-state index contributed by atoms with van der Waals surface area (Å²) in [5, 5.41) is -0.227. The molecule has 0 rings (SSSR count). The van der Waals surface area contributed by atoms with Crippen LogP contribution in [0.3, 0.4) is 0 Å². The number of nitrogens with two attached hydrogens (primary N) is 2. The lowest BCUT2D eigenvalue weighted by molar-refractivity contribution is -0.120. The molecule has 4 N–H and O–H groups in total. The Morgan fingerprint density at radius 1 is 1.05 bits per heavy atom. The molecule has 0 amide bonds. The van der Waals surface area contributed by atoms with Crippen LogP contribution in [0.2, 0.25) is 0 Å². The van der Waals surface area contributed by atoms with Crippen molar-refractivity contribution in [1.29, 1.82) is 0 Å². The summed E-state index contributed by atoms with van der Waals surface area (Å²) in [5.74, 6) is 0. The molecule has 1 unspecified atom stereocenters. The Morgan fingerprint density at radius 3 is 1.89 bits per heavy atom. The van der Waals surface area contributed by atoms with Gasteiger partial charge in [-0.15, -0.1) is 0 Å². The van der Waals surface area contributed by atoms with Gasteiger partial charge in [0.2, 0.25) is 5.41 Å². The Labute approximate surface area is 117 Å². The predicted molar refractivity (Wildman–Crippen MR) is 76.5 cm³/mol. The summed E-state index contributed by atoms with van der Waals surface area (Å²) in [5.41, 5.74) is 11.4. The monoisotopic (exact) mass is 292 g/mol. The van der Waals surface area contributed by atoms with E-state index in [1.165, 1.54) is 0 Å². The third-order valence-electron chi connectivity index (χ3n) is 2.61. The van der Waals surface area contributed by atoms with E-state index in [0.717, 1.165) is 12.8 Å². The maximum absolute atomic E-state index is 12.5. The molecular formula is C12H28N2O4Si. The highest BCUT2D eigenvalue weighted by molar-refractivity contribution is 6.93. The van der Waals surface area contributed by atoms with Crippen LogP contribution < -0.4 is 11.5 Å². The van der Waals surface area contributed by atoms with Crippen molar-refractivity contribution in [3.63, 3.8) is 0 Å². The van der Waals surface area contributed by atoms with Crippen molar-refractivity contribution in [3.05, 3.63) is 0 Å².